The average molecular weight is 141 g/mol. The smallest absolute Gasteiger partial charge is 0.170 e. The molecule has 0 aliphatic carbocycles. The molecule has 3 nitrogen and oxygen atoms in total. The molecule has 1 rings (SSSR count). The van der Waals surface area contributed by atoms with E-state index in [1.54, 1.807) is 0 Å². The molecule has 1 fully saturated rings. The molecule has 1 N–H and O–H groups in total. The van der Waals surface area contributed by atoms with Crippen LogP contribution in [0, 0.1) is 12.3 Å². The van der Waals surface area contributed by atoms with Crippen LogP contribution in [0.5, 0.6) is 0 Å². The van der Waals surface area contributed by atoms with Crippen molar-refractivity contribution in [3.05, 3.63) is 0 Å². The zero-order chi connectivity index (χ0) is 7.40. The van der Waals surface area contributed by atoms with Crippen LogP contribution in [-0.2, 0) is 4.74 Å². The summed E-state index contributed by atoms with van der Waals surface area (Å²) in [7, 11) is 0. The maximum atomic E-state index is 9.12. The summed E-state index contributed by atoms with van der Waals surface area (Å²) in [5.74, 6) is 2.26. The van der Waals surface area contributed by atoms with E-state index in [1.807, 2.05) is 4.90 Å². The van der Waals surface area contributed by atoms with Gasteiger partial charge in [-0.15, -0.1) is 6.42 Å². The number of aliphatic hydroxyl groups excluding tert-OH is 1. The number of hydrogen-bond donors (Lipinski definition) is 1. The van der Waals surface area contributed by atoms with Crippen molar-refractivity contribution in [1.82, 2.24) is 4.90 Å². The first kappa shape index (κ1) is 7.55. The van der Waals surface area contributed by atoms with Crippen LogP contribution in [-0.4, -0.2) is 42.5 Å². The molecule has 0 aromatic rings. The van der Waals surface area contributed by atoms with Crippen molar-refractivity contribution in [3.8, 4) is 12.3 Å². The second-order valence-corrected chi connectivity index (χ2v) is 2.19. The maximum absolute atomic E-state index is 9.12. The third-order valence-corrected chi connectivity index (χ3v) is 1.54. The summed E-state index contributed by atoms with van der Waals surface area (Å²) in [4.78, 5) is 1.81. The van der Waals surface area contributed by atoms with Crippen LogP contribution in [0.1, 0.15) is 0 Å². The Morgan fingerprint density at radius 3 is 2.60 bits per heavy atom. The van der Waals surface area contributed by atoms with Crippen LogP contribution in [0.4, 0.5) is 0 Å². The van der Waals surface area contributed by atoms with Gasteiger partial charge < -0.3 is 9.84 Å². The third kappa shape index (κ3) is 1.71. The quantitative estimate of drug-likeness (QED) is 0.489. The van der Waals surface area contributed by atoms with Gasteiger partial charge in [0.1, 0.15) is 0 Å². The molecule has 1 aliphatic rings. The summed E-state index contributed by atoms with van der Waals surface area (Å²) in [5.41, 5.74) is 0. The van der Waals surface area contributed by atoms with Crippen molar-refractivity contribution in [2.45, 2.75) is 6.23 Å². The van der Waals surface area contributed by atoms with Gasteiger partial charge in [0.15, 0.2) is 6.23 Å². The van der Waals surface area contributed by atoms with E-state index in [-0.39, 0.29) is 0 Å². The van der Waals surface area contributed by atoms with Crippen LogP contribution >= 0.6 is 0 Å². The predicted octanol–water partition coefficient (Wildman–Crippen LogP) is -0.730. The Labute approximate surface area is 60.6 Å². The van der Waals surface area contributed by atoms with Crippen LogP contribution in [0.2, 0.25) is 0 Å². The number of rotatable bonds is 1. The highest BCUT2D eigenvalue weighted by Crippen LogP contribution is 1.99. The Balaban J connectivity index is 2.33. The molecule has 1 heterocycles. The predicted molar refractivity (Wildman–Crippen MR) is 37.2 cm³/mol. The minimum atomic E-state index is -0.733. The van der Waals surface area contributed by atoms with Gasteiger partial charge in [-0.25, -0.2) is 0 Å². The van der Waals surface area contributed by atoms with E-state index in [2.05, 4.69) is 5.92 Å². The minimum absolute atomic E-state index is 0.665. The van der Waals surface area contributed by atoms with E-state index in [0.29, 0.717) is 13.2 Å². The second kappa shape index (κ2) is 3.57. The molecule has 0 radical (unpaired) electrons. The Kier molecular flexibility index (Phi) is 2.69. The van der Waals surface area contributed by atoms with Gasteiger partial charge in [-0.1, -0.05) is 5.92 Å². The topological polar surface area (TPSA) is 32.7 Å². The molecule has 0 aromatic carbocycles. The second-order valence-electron chi connectivity index (χ2n) is 2.19. The van der Waals surface area contributed by atoms with Crippen LogP contribution in [0.15, 0.2) is 0 Å². The van der Waals surface area contributed by atoms with Crippen molar-refractivity contribution < 1.29 is 9.84 Å². The Bertz CT molecular complexity index is 135. The van der Waals surface area contributed by atoms with E-state index in [0.717, 1.165) is 13.1 Å². The molecule has 0 spiro atoms. The molecule has 1 unspecified atom stereocenters. The van der Waals surface area contributed by atoms with Crippen molar-refractivity contribution in [2.24, 2.45) is 0 Å². The first-order chi connectivity index (χ1) is 4.84. The summed E-state index contributed by atoms with van der Waals surface area (Å²) in [6.45, 7) is 2.79. The molecule has 0 amide bonds. The van der Waals surface area contributed by atoms with Gasteiger partial charge in [-0.05, 0) is 0 Å². The molecular weight excluding hydrogens is 130 g/mol. The number of aliphatic hydroxyl groups is 1. The van der Waals surface area contributed by atoms with Crippen LogP contribution in [0.25, 0.3) is 0 Å². The number of morpholine rings is 1. The number of ether oxygens (including phenoxy) is 1. The fraction of sp³-hybridized carbons (Fsp3) is 0.714. The van der Waals surface area contributed by atoms with Crippen LogP contribution < -0.4 is 0 Å². The number of hydrogen-bond acceptors (Lipinski definition) is 3. The van der Waals surface area contributed by atoms with Gasteiger partial charge in [-0.2, -0.15) is 0 Å². The SMILES string of the molecule is C#CC(O)N1CCOCC1. The third-order valence-electron chi connectivity index (χ3n) is 1.54. The van der Waals surface area contributed by atoms with E-state index >= 15 is 0 Å². The molecular formula is C7H11NO2. The Morgan fingerprint density at radius 2 is 2.10 bits per heavy atom. The summed E-state index contributed by atoms with van der Waals surface area (Å²) in [6, 6.07) is 0. The molecule has 3 heteroatoms. The molecule has 0 aromatic heterocycles. The lowest BCUT2D eigenvalue weighted by Gasteiger charge is -2.27. The average Bonchev–Trinajstić information content (AvgIpc) is 2.05. The summed E-state index contributed by atoms with van der Waals surface area (Å²) in [5, 5.41) is 9.12. The highest BCUT2D eigenvalue weighted by molar-refractivity contribution is 4.93. The largest absolute Gasteiger partial charge is 0.379 e. The molecule has 1 aliphatic heterocycles. The normalized spacial score (nSPS) is 23.6. The highest BCUT2D eigenvalue weighted by Gasteiger charge is 2.15. The van der Waals surface area contributed by atoms with Gasteiger partial charge in [0.25, 0.3) is 0 Å². The van der Waals surface area contributed by atoms with Gasteiger partial charge in [0.2, 0.25) is 0 Å². The fourth-order valence-electron chi connectivity index (χ4n) is 0.927. The van der Waals surface area contributed by atoms with Crippen molar-refractivity contribution >= 4 is 0 Å². The van der Waals surface area contributed by atoms with Gasteiger partial charge >= 0.3 is 0 Å². The molecule has 10 heavy (non-hydrogen) atoms. The number of terminal acetylenes is 1. The first-order valence-corrected chi connectivity index (χ1v) is 3.30. The highest BCUT2D eigenvalue weighted by atomic mass is 16.5. The molecule has 1 atom stereocenters. The lowest BCUT2D eigenvalue weighted by atomic mass is 10.4. The Hall–Kier alpha value is -0.560. The zero-order valence-electron chi connectivity index (χ0n) is 5.79. The van der Waals surface area contributed by atoms with Crippen molar-refractivity contribution in [1.29, 1.82) is 0 Å². The molecule has 56 valence electrons. The minimum Gasteiger partial charge on any atom is -0.379 e. The zero-order valence-corrected chi connectivity index (χ0v) is 5.79. The van der Waals surface area contributed by atoms with E-state index < -0.39 is 6.23 Å². The standard InChI is InChI=1S/C7H11NO2/c1-2-7(9)8-3-5-10-6-4-8/h1,7,9H,3-6H2. The van der Waals surface area contributed by atoms with Crippen molar-refractivity contribution in [2.75, 3.05) is 26.3 Å². The summed E-state index contributed by atoms with van der Waals surface area (Å²) >= 11 is 0. The first-order valence-electron chi connectivity index (χ1n) is 3.30. The monoisotopic (exact) mass is 141 g/mol. The van der Waals surface area contributed by atoms with E-state index in [9.17, 15) is 0 Å². The van der Waals surface area contributed by atoms with Crippen molar-refractivity contribution in [3.63, 3.8) is 0 Å². The fourth-order valence-corrected chi connectivity index (χ4v) is 0.927. The van der Waals surface area contributed by atoms with Gasteiger partial charge in [0.05, 0.1) is 13.2 Å². The van der Waals surface area contributed by atoms with Gasteiger partial charge in [-0.3, -0.25) is 4.90 Å². The molecule has 1 saturated heterocycles. The lowest BCUT2D eigenvalue weighted by Crippen LogP contribution is -2.42. The maximum Gasteiger partial charge on any atom is 0.170 e. The summed E-state index contributed by atoms with van der Waals surface area (Å²) in [6.07, 6.45) is 4.29. The van der Waals surface area contributed by atoms with E-state index in [1.165, 1.54) is 0 Å². The van der Waals surface area contributed by atoms with E-state index in [4.69, 9.17) is 16.3 Å². The van der Waals surface area contributed by atoms with Gasteiger partial charge in [0, 0.05) is 13.1 Å². The summed E-state index contributed by atoms with van der Waals surface area (Å²) < 4.78 is 5.07. The molecule has 0 bridgehead atoms. The molecule has 0 saturated carbocycles. The lowest BCUT2D eigenvalue weighted by molar-refractivity contribution is -0.0316. The van der Waals surface area contributed by atoms with Crippen LogP contribution in [0.3, 0.4) is 0 Å². The Morgan fingerprint density at radius 1 is 1.50 bits per heavy atom. The number of nitrogens with zero attached hydrogens (tertiary/aromatic N) is 1.